The largest absolute Gasteiger partial charge is 0.411 e. The first-order valence-electron chi connectivity index (χ1n) is 3.67. The maximum atomic E-state index is 12.0. The molecule has 0 spiro atoms. The molecule has 0 aliphatic carbocycles. The van der Waals surface area contributed by atoms with Crippen LogP contribution in [-0.2, 0) is 0 Å². The van der Waals surface area contributed by atoms with Crippen LogP contribution < -0.4 is 0 Å². The van der Waals surface area contributed by atoms with E-state index in [4.69, 9.17) is 5.21 Å². The predicted molar refractivity (Wildman–Crippen MR) is 39.3 cm³/mol. The molecule has 0 unspecified atom stereocenters. The topological polar surface area (TPSA) is 32.6 Å². The molecule has 0 atom stereocenters. The highest BCUT2D eigenvalue weighted by Gasteiger charge is 2.21. The maximum Gasteiger partial charge on any atom is 0.280 e. The lowest BCUT2D eigenvalue weighted by atomic mass is 9.98. The van der Waals surface area contributed by atoms with Gasteiger partial charge in [0.05, 0.1) is 0 Å². The number of halogens is 2. The van der Waals surface area contributed by atoms with E-state index in [1.807, 2.05) is 0 Å². The molecule has 2 nitrogen and oxygen atoms in total. The minimum absolute atomic E-state index is 0.292. The standard InChI is InChI=1S/C7H13F2NO/c1-3-5(4-2)6(10-11)7(8)9/h5,7,11H,3-4H2,1-2H3. The Morgan fingerprint density at radius 3 is 1.91 bits per heavy atom. The highest BCUT2D eigenvalue weighted by Crippen LogP contribution is 2.15. The van der Waals surface area contributed by atoms with Crippen molar-refractivity contribution in [3.05, 3.63) is 0 Å². The summed E-state index contributed by atoms with van der Waals surface area (Å²) in [4.78, 5) is 0. The first-order valence-corrected chi connectivity index (χ1v) is 3.67. The van der Waals surface area contributed by atoms with Gasteiger partial charge in [-0.2, -0.15) is 0 Å². The molecular weight excluding hydrogens is 152 g/mol. The molecule has 0 aromatic carbocycles. The Morgan fingerprint density at radius 1 is 1.36 bits per heavy atom. The number of hydrogen-bond donors (Lipinski definition) is 1. The van der Waals surface area contributed by atoms with Gasteiger partial charge >= 0.3 is 0 Å². The smallest absolute Gasteiger partial charge is 0.280 e. The molecule has 0 heterocycles. The Hall–Kier alpha value is -0.670. The zero-order chi connectivity index (χ0) is 8.85. The molecule has 0 bridgehead atoms. The van der Waals surface area contributed by atoms with Gasteiger partial charge in [-0.15, -0.1) is 0 Å². The zero-order valence-electron chi connectivity index (χ0n) is 6.72. The summed E-state index contributed by atoms with van der Waals surface area (Å²) in [6.45, 7) is 3.59. The Balaban J connectivity index is 4.23. The highest BCUT2D eigenvalue weighted by molar-refractivity contribution is 5.89. The normalized spacial score (nSPS) is 13.1. The number of oxime groups is 1. The summed E-state index contributed by atoms with van der Waals surface area (Å²) >= 11 is 0. The molecule has 0 aliphatic rings. The van der Waals surface area contributed by atoms with Crippen LogP contribution in [0.3, 0.4) is 0 Å². The van der Waals surface area contributed by atoms with Crippen molar-refractivity contribution < 1.29 is 14.0 Å². The van der Waals surface area contributed by atoms with Crippen molar-refractivity contribution in [1.29, 1.82) is 0 Å². The fourth-order valence-corrected chi connectivity index (χ4v) is 1.01. The van der Waals surface area contributed by atoms with Crippen LogP contribution in [0.2, 0.25) is 0 Å². The Labute approximate surface area is 64.9 Å². The molecule has 0 aromatic rings. The quantitative estimate of drug-likeness (QED) is 0.387. The highest BCUT2D eigenvalue weighted by atomic mass is 19.3. The van der Waals surface area contributed by atoms with Gasteiger partial charge in [0, 0.05) is 5.92 Å². The number of hydrogen-bond acceptors (Lipinski definition) is 2. The summed E-state index contributed by atoms with van der Waals surface area (Å²) in [6, 6.07) is 0. The summed E-state index contributed by atoms with van der Waals surface area (Å²) < 4.78 is 24.1. The lowest BCUT2D eigenvalue weighted by Crippen LogP contribution is -2.21. The van der Waals surface area contributed by atoms with Crippen LogP contribution in [0.1, 0.15) is 26.7 Å². The first kappa shape index (κ1) is 10.3. The van der Waals surface area contributed by atoms with Crippen LogP contribution in [0.4, 0.5) is 8.78 Å². The Kier molecular flexibility index (Phi) is 4.74. The van der Waals surface area contributed by atoms with Gasteiger partial charge in [-0.1, -0.05) is 19.0 Å². The maximum absolute atomic E-state index is 12.0. The minimum atomic E-state index is -2.63. The lowest BCUT2D eigenvalue weighted by Gasteiger charge is -2.12. The van der Waals surface area contributed by atoms with Crippen LogP contribution in [0, 0.1) is 5.92 Å². The Morgan fingerprint density at radius 2 is 1.82 bits per heavy atom. The van der Waals surface area contributed by atoms with Crippen molar-refractivity contribution in [1.82, 2.24) is 0 Å². The fraction of sp³-hybridized carbons (Fsp3) is 0.857. The van der Waals surface area contributed by atoms with E-state index in [0.717, 1.165) is 0 Å². The third-order valence-corrected chi connectivity index (χ3v) is 1.74. The summed E-state index contributed by atoms with van der Waals surface area (Å²) in [5.74, 6) is -0.292. The van der Waals surface area contributed by atoms with E-state index < -0.39 is 12.1 Å². The third-order valence-electron chi connectivity index (χ3n) is 1.74. The van der Waals surface area contributed by atoms with E-state index in [1.165, 1.54) is 0 Å². The molecule has 0 saturated heterocycles. The molecule has 0 rings (SSSR count). The second kappa shape index (κ2) is 5.04. The molecular formula is C7H13F2NO. The average molecular weight is 165 g/mol. The Bertz CT molecular complexity index is 132. The van der Waals surface area contributed by atoms with Gasteiger partial charge in [-0.05, 0) is 12.8 Å². The average Bonchev–Trinajstić information content (AvgIpc) is 1.99. The van der Waals surface area contributed by atoms with Crippen LogP contribution in [0.25, 0.3) is 0 Å². The SMILES string of the molecule is CCC(CC)C(=NO)C(F)F. The predicted octanol–water partition coefficient (Wildman–Crippen LogP) is 2.52. The van der Waals surface area contributed by atoms with E-state index in [0.29, 0.717) is 12.8 Å². The molecule has 0 fully saturated rings. The van der Waals surface area contributed by atoms with E-state index >= 15 is 0 Å². The van der Waals surface area contributed by atoms with Gasteiger partial charge in [0.15, 0.2) is 0 Å². The van der Waals surface area contributed by atoms with Crippen molar-refractivity contribution in [3.8, 4) is 0 Å². The van der Waals surface area contributed by atoms with E-state index in [9.17, 15) is 8.78 Å². The monoisotopic (exact) mass is 165 g/mol. The van der Waals surface area contributed by atoms with Crippen LogP contribution in [0.5, 0.6) is 0 Å². The van der Waals surface area contributed by atoms with Crippen LogP contribution >= 0.6 is 0 Å². The van der Waals surface area contributed by atoms with Gasteiger partial charge in [-0.25, -0.2) is 8.78 Å². The van der Waals surface area contributed by atoms with Gasteiger partial charge in [0.2, 0.25) is 0 Å². The summed E-state index contributed by atoms with van der Waals surface area (Å²) in [5.41, 5.74) is -0.394. The summed E-state index contributed by atoms with van der Waals surface area (Å²) in [7, 11) is 0. The first-order chi connectivity index (χ1) is 5.17. The van der Waals surface area contributed by atoms with Crippen LogP contribution in [-0.4, -0.2) is 17.3 Å². The number of nitrogens with zero attached hydrogens (tertiary/aromatic N) is 1. The summed E-state index contributed by atoms with van der Waals surface area (Å²) in [6.07, 6.45) is -1.47. The van der Waals surface area contributed by atoms with Crippen LogP contribution in [0.15, 0.2) is 5.16 Å². The van der Waals surface area contributed by atoms with Gasteiger partial charge in [0.1, 0.15) is 5.71 Å². The number of alkyl halides is 2. The lowest BCUT2D eigenvalue weighted by molar-refractivity contribution is 0.204. The molecule has 1 N–H and O–H groups in total. The molecule has 0 aliphatic heterocycles. The van der Waals surface area contributed by atoms with E-state index in [1.54, 1.807) is 13.8 Å². The van der Waals surface area contributed by atoms with Crippen molar-refractivity contribution in [3.63, 3.8) is 0 Å². The molecule has 0 aromatic heterocycles. The zero-order valence-corrected chi connectivity index (χ0v) is 6.72. The molecule has 11 heavy (non-hydrogen) atoms. The minimum Gasteiger partial charge on any atom is -0.411 e. The van der Waals surface area contributed by atoms with E-state index in [2.05, 4.69) is 5.16 Å². The van der Waals surface area contributed by atoms with E-state index in [-0.39, 0.29) is 5.92 Å². The van der Waals surface area contributed by atoms with Crippen molar-refractivity contribution in [2.24, 2.45) is 11.1 Å². The second-order valence-corrected chi connectivity index (χ2v) is 2.34. The van der Waals surface area contributed by atoms with Gasteiger partial charge in [-0.3, -0.25) is 0 Å². The molecule has 0 saturated carbocycles. The van der Waals surface area contributed by atoms with Crippen molar-refractivity contribution in [2.45, 2.75) is 33.1 Å². The van der Waals surface area contributed by atoms with Gasteiger partial charge < -0.3 is 5.21 Å². The molecule has 4 heteroatoms. The number of rotatable bonds is 4. The fourth-order valence-electron chi connectivity index (χ4n) is 1.01. The van der Waals surface area contributed by atoms with Gasteiger partial charge in [0.25, 0.3) is 6.43 Å². The third kappa shape index (κ3) is 2.82. The summed E-state index contributed by atoms with van der Waals surface area (Å²) in [5, 5.41) is 10.8. The molecule has 66 valence electrons. The van der Waals surface area contributed by atoms with Crippen molar-refractivity contribution >= 4 is 5.71 Å². The second-order valence-electron chi connectivity index (χ2n) is 2.34. The molecule has 0 radical (unpaired) electrons. The molecule has 0 amide bonds. The van der Waals surface area contributed by atoms with Crippen molar-refractivity contribution in [2.75, 3.05) is 0 Å².